The van der Waals surface area contributed by atoms with Crippen LogP contribution in [-0.2, 0) is 16.0 Å². The lowest BCUT2D eigenvalue weighted by Gasteiger charge is -2.25. The number of carbonyl (C=O) groups is 2. The first-order valence-electron chi connectivity index (χ1n) is 10.2. The van der Waals surface area contributed by atoms with E-state index in [1.54, 1.807) is 11.3 Å². The molecule has 0 spiro atoms. The molecule has 2 fully saturated rings. The summed E-state index contributed by atoms with van der Waals surface area (Å²) in [7, 11) is 2.07. The van der Waals surface area contributed by atoms with E-state index in [2.05, 4.69) is 33.6 Å². The zero-order chi connectivity index (χ0) is 19.5. The number of para-hydroxylation sites is 1. The van der Waals surface area contributed by atoms with Crippen molar-refractivity contribution < 1.29 is 9.59 Å². The number of likely N-dealkylation sites (N-methyl/N-ethyl adjacent to an activating group) is 1. The highest BCUT2D eigenvalue weighted by molar-refractivity contribution is 7.18. The largest absolute Gasteiger partial charge is 0.355 e. The number of rotatable bonds is 8. The molecule has 4 rings (SSSR count). The van der Waals surface area contributed by atoms with Crippen molar-refractivity contribution in [2.24, 2.45) is 0 Å². The van der Waals surface area contributed by atoms with E-state index in [0.29, 0.717) is 37.9 Å². The molecule has 0 radical (unpaired) electrons. The summed E-state index contributed by atoms with van der Waals surface area (Å²) in [4.78, 5) is 31.2. The molecular formula is C21H28N4O2S. The Bertz CT molecular complexity index is 815. The predicted octanol–water partition coefficient (Wildman–Crippen LogP) is 2.48. The van der Waals surface area contributed by atoms with Crippen LogP contribution in [0.3, 0.4) is 0 Å². The monoisotopic (exact) mass is 400 g/mol. The van der Waals surface area contributed by atoms with Gasteiger partial charge in [-0.2, -0.15) is 0 Å². The van der Waals surface area contributed by atoms with Gasteiger partial charge in [-0.1, -0.05) is 12.1 Å². The number of aromatic nitrogens is 1. The van der Waals surface area contributed by atoms with Crippen molar-refractivity contribution in [1.29, 1.82) is 0 Å². The van der Waals surface area contributed by atoms with Gasteiger partial charge in [-0.05, 0) is 44.9 Å². The molecule has 2 aliphatic rings. The summed E-state index contributed by atoms with van der Waals surface area (Å²) in [5.74, 6) is 0.238. The molecule has 1 saturated heterocycles. The average molecular weight is 401 g/mol. The minimum atomic E-state index is 0.0718. The highest BCUT2D eigenvalue weighted by Crippen LogP contribution is 2.25. The maximum absolute atomic E-state index is 12.3. The Labute approximate surface area is 169 Å². The molecule has 0 unspecified atom stereocenters. The zero-order valence-electron chi connectivity index (χ0n) is 16.3. The zero-order valence-corrected chi connectivity index (χ0v) is 17.1. The number of hydrogen-bond acceptors (Lipinski definition) is 5. The molecular weight excluding hydrogens is 372 g/mol. The number of likely N-dealkylation sites (tertiary alicyclic amines) is 1. The molecule has 0 bridgehead atoms. The first-order valence-corrected chi connectivity index (χ1v) is 11.0. The topological polar surface area (TPSA) is 74.3 Å². The van der Waals surface area contributed by atoms with E-state index in [1.165, 1.54) is 4.70 Å². The minimum absolute atomic E-state index is 0.0718. The maximum atomic E-state index is 12.3. The van der Waals surface area contributed by atoms with Crippen LogP contribution in [0.2, 0.25) is 0 Å². The summed E-state index contributed by atoms with van der Waals surface area (Å²) in [5.41, 5.74) is 1.01. The lowest BCUT2D eigenvalue weighted by atomic mass is 10.1. The number of aryl methyl sites for hydroxylation is 1. The molecule has 1 aromatic heterocycles. The van der Waals surface area contributed by atoms with E-state index in [4.69, 9.17) is 0 Å². The smallest absolute Gasteiger partial charge is 0.221 e. The van der Waals surface area contributed by atoms with Crippen molar-refractivity contribution >= 4 is 33.4 Å². The number of benzene rings is 1. The Morgan fingerprint density at radius 3 is 2.71 bits per heavy atom. The molecule has 1 aromatic carbocycles. The molecule has 1 aliphatic heterocycles. The number of fused-ring (bicyclic) bond motifs is 1. The lowest BCUT2D eigenvalue weighted by Crippen LogP contribution is -2.42. The second kappa shape index (κ2) is 8.57. The molecule has 2 aromatic rings. The van der Waals surface area contributed by atoms with Gasteiger partial charge in [-0.3, -0.25) is 14.5 Å². The Balaban J connectivity index is 1.18. The van der Waals surface area contributed by atoms with Gasteiger partial charge in [0.25, 0.3) is 0 Å². The van der Waals surface area contributed by atoms with Crippen molar-refractivity contribution in [2.45, 2.75) is 63.1 Å². The Kier molecular flexibility index (Phi) is 5.92. The van der Waals surface area contributed by atoms with Crippen LogP contribution in [0.4, 0.5) is 0 Å². The molecule has 2 atom stereocenters. The van der Waals surface area contributed by atoms with Crippen molar-refractivity contribution in [2.75, 3.05) is 13.6 Å². The molecule has 7 heteroatoms. The second-order valence-electron chi connectivity index (χ2n) is 7.98. The molecule has 2 amide bonds. The first kappa shape index (κ1) is 19.3. The van der Waals surface area contributed by atoms with Gasteiger partial charge in [0.15, 0.2) is 0 Å². The standard InChI is InChI=1S/C21H28N4O2S/c1-25-15(12-20(27)23-14-6-7-14)8-9-16(25)13-22-19(26)10-11-21-24-17-4-2-3-5-18(17)28-21/h2-5,14-16H,6-13H2,1H3,(H,22,26)(H,23,27)/t15-,16+/m1/s1. The molecule has 1 saturated carbocycles. The minimum Gasteiger partial charge on any atom is -0.355 e. The SMILES string of the molecule is CN1[C@@H](CC(=O)NC2CC2)CC[C@H]1CNC(=O)CCc1nc2ccccc2s1. The van der Waals surface area contributed by atoms with E-state index in [1.807, 2.05) is 18.2 Å². The van der Waals surface area contributed by atoms with Crippen molar-refractivity contribution in [3.8, 4) is 0 Å². The third kappa shape index (κ3) is 4.89. The van der Waals surface area contributed by atoms with E-state index in [9.17, 15) is 9.59 Å². The average Bonchev–Trinajstić information content (AvgIpc) is 3.29. The van der Waals surface area contributed by atoms with Gasteiger partial charge in [0.05, 0.1) is 15.2 Å². The second-order valence-corrected chi connectivity index (χ2v) is 9.09. The van der Waals surface area contributed by atoms with Gasteiger partial charge < -0.3 is 10.6 Å². The molecule has 2 N–H and O–H groups in total. The maximum Gasteiger partial charge on any atom is 0.221 e. The predicted molar refractivity (Wildman–Crippen MR) is 111 cm³/mol. The summed E-state index contributed by atoms with van der Waals surface area (Å²) < 4.78 is 1.17. The van der Waals surface area contributed by atoms with Crippen LogP contribution in [0.1, 0.15) is 43.5 Å². The van der Waals surface area contributed by atoms with Crippen LogP contribution in [0.25, 0.3) is 10.2 Å². The van der Waals surface area contributed by atoms with Gasteiger partial charge in [0.1, 0.15) is 0 Å². The number of amides is 2. The van der Waals surface area contributed by atoms with Gasteiger partial charge in [-0.25, -0.2) is 4.98 Å². The highest BCUT2D eigenvalue weighted by Gasteiger charge is 2.33. The van der Waals surface area contributed by atoms with E-state index < -0.39 is 0 Å². The quantitative estimate of drug-likeness (QED) is 0.714. The van der Waals surface area contributed by atoms with Crippen LogP contribution in [0.15, 0.2) is 24.3 Å². The number of nitrogens with zero attached hydrogens (tertiary/aromatic N) is 2. The van der Waals surface area contributed by atoms with E-state index >= 15 is 0 Å². The fourth-order valence-electron chi connectivity index (χ4n) is 3.88. The molecule has 150 valence electrons. The third-order valence-corrected chi connectivity index (χ3v) is 6.88. The summed E-state index contributed by atoms with van der Waals surface area (Å²) in [6, 6.07) is 9.08. The normalized spacial score (nSPS) is 22.5. The fourth-order valence-corrected chi connectivity index (χ4v) is 4.84. The molecule has 28 heavy (non-hydrogen) atoms. The van der Waals surface area contributed by atoms with Crippen molar-refractivity contribution in [3.05, 3.63) is 29.3 Å². The van der Waals surface area contributed by atoms with Gasteiger partial charge in [-0.15, -0.1) is 11.3 Å². The van der Waals surface area contributed by atoms with Crippen LogP contribution < -0.4 is 10.6 Å². The van der Waals surface area contributed by atoms with E-state index in [0.717, 1.165) is 36.2 Å². The first-order chi connectivity index (χ1) is 13.6. The number of hydrogen-bond donors (Lipinski definition) is 2. The highest BCUT2D eigenvalue weighted by atomic mass is 32.1. The Hall–Kier alpha value is -1.99. The third-order valence-electron chi connectivity index (χ3n) is 5.79. The Morgan fingerprint density at radius 2 is 1.93 bits per heavy atom. The summed E-state index contributed by atoms with van der Waals surface area (Å²) >= 11 is 1.66. The van der Waals surface area contributed by atoms with Gasteiger partial charge >= 0.3 is 0 Å². The fraction of sp³-hybridized carbons (Fsp3) is 0.571. The molecule has 2 heterocycles. The van der Waals surface area contributed by atoms with Gasteiger partial charge in [0.2, 0.25) is 11.8 Å². The summed E-state index contributed by atoms with van der Waals surface area (Å²) in [6.45, 7) is 0.649. The number of carbonyl (C=O) groups excluding carboxylic acids is 2. The Morgan fingerprint density at radius 1 is 1.14 bits per heavy atom. The lowest BCUT2D eigenvalue weighted by molar-refractivity contribution is -0.123. The van der Waals surface area contributed by atoms with Crippen molar-refractivity contribution in [1.82, 2.24) is 20.5 Å². The van der Waals surface area contributed by atoms with Crippen molar-refractivity contribution in [3.63, 3.8) is 0 Å². The number of nitrogens with one attached hydrogen (secondary N) is 2. The van der Waals surface area contributed by atoms with Crippen LogP contribution >= 0.6 is 11.3 Å². The summed E-state index contributed by atoms with van der Waals surface area (Å²) in [5, 5.41) is 7.15. The van der Waals surface area contributed by atoms with Gasteiger partial charge in [0, 0.05) is 43.9 Å². The number of thiazole rings is 1. The summed E-state index contributed by atoms with van der Waals surface area (Å²) in [6.07, 6.45) is 5.99. The van der Waals surface area contributed by atoms with Crippen LogP contribution in [0, 0.1) is 0 Å². The molecule has 6 nitrogen and oxygen atoms in total. The van der Waals surface area contributed by atoms with Crippen LogP contribution in [-0.4, -0.2) is 53.4 Å². The van der Waals surface area contributed by atoms with E-state index in [-0.39, 0.29) is 17.9 Å². The van der Waals surface area contributed by atoms with Crippen LogP contribution in [0.5, 0.6) is 0 Å². The molecule has 1 aliphatic carbocycles.